The van der Waals surface area contributed by atoms with E-state index < -0.39 is 0 Å². The van der Waals surface area contributed by atoms with Crippen LogP contribution in [-0.2, 0) is 0 Å². The second-order valence-corrected chi connectivity index (χ2v) is 5.61. The van der Waals surface area contributed by atoms with E-state index in [2.05, 4.69) is 41.4 Å². The van der Waals surface area contributed by atoms with Crippen LogP contribution in [0.3, 0.4) is 0 Å². The van der Waals surface area contributed by atoms with Gasteiger partial charge in [0, 0.05) is 12.1 Å². The van der Waals surface area contributed by atoms with Gasteiger partial charge in [-0.2, -0.15) is 5.10 Å². The number of ether oxygens (including phenoxy) is 1. The van der Waals surface area contributed by atoms with Gasteiger partial charge in [0.1, 0.15) is 5.75 Å². The lowest BCUT2D eigenvalue weighted by Crippen LogP contribution is -2.18. The normalized spacial score (nSPS) is 17.2. The number of nitrogens with two attached hydrogens (primary N) is 1. The summed E-state index contributed by atoms with van der Waals surface area (Å²) in [5.74, 6) is 0.887. The lowest BCUT2D eigenvalue weighted by atomic mass is 10.0. The number of anilines is 1. The maximum Gasteiger partial charge on any atom is 0.119 e. The molecule has 0 spiro atoms. The van der Waals surface area contributed by atoms with Crippen molar-refractivity contribution < 1.29 is 4.74 Å². The topological polar surface area (TPSA) is 50.8 Å². The first-order valence-corrected chi connectivity index (χ1v) is 8.15. The lowest BCUT2D eigenvalue weighted by Gasteiger charge is -2.24. The number of hydrazone groups is 1. The average molecular weight is 309 g/mol. The highest BCUT2D eigenvalue weighted by Crippen LogP contribution is 2.36. The standard InChI is InChI=1S/C19H23N3O/c1-2-23-18-10-8-17(9-11-18)22-19(14-16(21-22)12-13-20)15-6-4-3-5-7-15/h3-11,19H,2,12-14,20H2,1H3. The first kappa shape index (κ1) is 15.6. The van der Waals surface area contributed by atoms with Gasteiger partial charge in [-0.25, -0.2) is 0 Å². The summed E-state index contributed by atoms with van der Waals surface area (Å²) < 4.78 is 5.52. The fraction of sp³-hybridized carbons (Fsp3) is 0.316. The Balaban J connectivity index is 1.88. The molecule has 0 radical (unpaired) electrons. The first-order chi connectivity index (χ1) is 11.3. The quantitative estimate of drug-likeness (QED) is 0.884. The average Bonchev–Trinajstić information content (AvgIpc) is 3.01. The molecule has 23 heavy (non-hydrogen) atoms. The van der Waals surface area contributed by atoms with Gasteiger partial charge < -0.3 is 10.5 Å². The van der Waals surface area contributed by atoms with E-state index in [9.17, 15) is 0 Å². The molecule has 120 valence electrons. The number of hydrogen-bond acceptors (Lipinski definition) is 4. The highest BCUT2D eigenvalue weighted by molar-refractivity contribution is 5.89. The van der Waals surface area contributed by atoms with Crippen LogP contribution in [-0.4, -0.2) is 18.9 Å². The summed E-state index contributed by atoms with van der Waals surface area (Å²) in [5.41, 5.74) is 9.23. The molecule has 0 aromatic heterocycles. The van der Waals surface area contributed by atoms with Crippen LogP contribution in [0.4, 0.5) is 5.69 Å². The van der Waals surface area contributed by atoms with Crippen molar-refractivity contribution >= 4 is 11.4 Å². The fourth-order valence-electron chi connectivity index (χ4n) is 2.92. The van der Waals surface area contributed by atoms with Crippen molar-refractivity contribution in [2.45, 2.75) is 25.8 Å². The molecule has 0 aliphatic carbocycles. The molecular formula is C19H23N3O. The summed E-state index contributed by atoms with van der Waals surface area (Å²) in [5, 5.41) is 6.92. The molecule has 2 aromatic carbocycles. The smallest absolute Gasteiger partial charge is 0.119 e. The minimum Gasteiger partial charge on any atom is -0.494 e. The third kappa shape index (κ3) is 3.54. The van der Waals surface area contributed by atoms with Gasteiger partial charge in [-0.05, 0) is 49.7 Å². The van der Waals surface area contributed by atoms with E-state index in [1.807, 2.05) is 25.1 Å². The maximum absolute atomic E-state index is 5.71. The lowest BCUT2D eigenvalue weighted by molar-refractivity contribution is 0.340. The van der Waals surface area contributed by atoms with Crippen LogP contribution in [0, 0.1) is 0 Å². The zero-order chi connectivity index (χ0) is 16.1. The molecule has 0 saturated heterocycles. The maximum atomic E-state index is 5.71. The molecule has 1 aliphatic heterocycles. The summed E-state index contributed by atoms with van der Waals surface area (Å²) in [7, 11) is 0. The Labute approximate surface area is 137 Å². The van der Waals surface area contributed by atoms with Crippen molar-refractivity contribution in [3.8, 4) is 5.75 Å². The second kappa shape index (κ2) is 7.29. The van der Waals surface area contributed by atoms with Crippen LogP contribution >= 0.6 is 0 Å². The van der Waals surface area contributed by atoms with E-state index >= 15 is 0 Å². The molecule has 0 fully saturated rings. The van der Waals surface area contributed by atoms with Crippen molar-refractivity contribution in [2.75, 3.05) is 18.2 Å². The number of benzene rings is 2. The van der Waals surface area contributed by atoms with Gasteiger partial charge in [0.05, 0.1) is 18.3 Å². The summed E-state index contributed by atoms with van der Waals surface area (Å²) in [6, 6.07) is 18.9. The van der Waals surface area contributed by atoms with Crippen LogP contribution in [0.1, 0.15) is 31.4 Å². The van der Waals surface area contributed by atoms with Crippen LogP contribution < -0.4 is 15.5 Å². The molecule has 1 aliphatic rings. The molecule has 2 aromatic rings. The zero-order valence-electron chi connectivity index (χ0n) is 13.5. The van der Waals surface area contributed by atoms with Crippen molar-refractivity contribution in [3.05, 3.63) is 60.2 Å². The van der Waals surface area contributed by atoms with E-state index in [1.165, 1.54) is 5.56 Å². The molecule has 0 amide bonds. The second-order valence-electron chi connectivity index (χ2n) is 5.61. The highest BCUT2D eigenvalue weighted by Gasteiger charge is 2.28. The van der Waals surface area contributed by atoms with Gasteiger partial charge in [-0.1, -0.05) is 30.3 Å². The highest BCUT2D eigenvalue weighted by atomic mass is 16.5. The SMILES string of the molecule is CCOc1ccc(N2N=C(CCN)CC2c2ccccc2)cc1. The summed E-state index contributed by atoms with van der Waals surface area (Å²) in [6.45, 7) is 3.30. The van der Waals surface area contributed by atoms with E-state index in [0.717, 1.165) is 30.0 Å². The van der Waals surface area contributed by atoms with Gasteiger partial charge in [-0.3, -0.25) is 5.01 Å². The van der Waals surface area contributed by atoms with Gasteiger partial charge in [0.25, 0.3) is 0 Å². The molecule has 1 unspecified atom stereocenters. The number of nitrogens with zero attached hydrogens (tertiary/aromatic N) is 2. The van der Waals surface area contributed by atoms with E-state index in [-0.39, 0.29) is 6.04 Å². The Morgan fingerprint density at radius 1 is 1.13 bits per heavy atom. The Bertz CT molecular complexity index is 652. The van der Waals surface area contributed by atoms with Crippen molar-refractivity contribution in [2.24, 2.45) is 10.8 Å². The molecule has 4 heteroatoms. The van der Waals surface area contributed by atoms with Crippen molar-refractivity contribution in [3.63, 3.8) is 0 Å². The Morgan fingerprint density at radius 2 is 1.87 bits per heavy atom. The van der Waals surface area contributed by atoms with Gasteiger partial charge in [0.2, 0.25) is 0 Å². The largest absolute Gasteiger partial charge is 0.494 e. The number of hydrogen-bond donors (Lipinski definition) is 1. The monoisotopic (exact) mass is 309 g/mol. The van der Waals surface area contributed by atoms with Gasteiger partial charge in [0.15, 0.2) is 0 Å². The molecule has 0 bridgehead atoms. The Hall–Kier alpha value is -2.33. The summed E-state index contributed by atoms with van der Waals surface area (Å²) >= 11 is 0. The Kier molecular flexibility index (Phi) is 4.93. The van der Waals surface area contributed by atoms with Crippen LogP contribution in [0.15, 0.2) is 59.7 Å². The third-order valence-electron chi connectivity index (χ3n) is 4.00. The van der Waals surface area contributed by atoms with Gasteiger partial charge >= 0.3 is 0 Å². The van der Waals surface area contributed by atoms with E-state index in [4.69, 9.17) is 15.6 Å². The van der Waals surface area contributed by atoms with Crippen LogP contribution in [0.25, 0.3) is 0 Å². The molecular weight excluding hydrogens is 286 g/mol. The van der Waals surface area contributed by atoms with Crippen molar-refractivity contribution in [1.29, 1.82) is 0 Å². The van der Waals surface area contributed by atoms with Crippen LogP contribution in [0.2, 0.25) is 0 Å². The predicted molar refractivity (Wildman–Crippen MR) is 95.0 cm³/mol. The zero-order valence-corrected chi connectivity index (χ0v) is 13.5. The predicted octanol–water partition coefficient (Wildman–Crippen LogP) is 3.74. The van der Waals surface area contributed by atoms with E-state index in [1.54, 1.807) is 0 Å². The molecule has 4 nitrogen and oxygen atoms in total. The van der Waals surface area contributed by atoms with Gasteiger partial charge in [-0.15, -0.1) is 0 Å². The fourth-order valence-corrected chi connectivity index (χ4v) is 2.92. The molecule has 1 heterocycles. The summed E-state index contributed by atoms with van der Waals surface area (Å²) in [6.07, 6.45) is 1.77. The van der Waals surface area contributed by atoms with Crippen LogP contribution in [0.5, 0.6) is 5.75 Å². The minimum atomic E-state index is 0.232. The molecule has 2 N–H and O–H groups in total. The third-order valence-corrected chi connectivity index (χ3v) is 4.00. The van der Waals surface area contributed by atoms with Crippen molar-refractivity contribution in [1.82, 2.24) is 0 Å². The minimum absolute atomic E-state index is 0.232. The molecule has 0 saturated carbocycles. The summed E-state index contributed by atoms with van der Waals surface area (Å²) in [4.78, 5) is 0. The first-order valence-electron chi connectivity index (χ1n) is 8.15. The molecule has 3 rings (SSSR count). The molecule has 1 atom stereocenters. The Morgan fingerprint density at radius 3 is 2.52 bits per heavy atom. The number of rotatable bonds is 6. The van der Waals surface area contributed by atoms with E-state index in [0.29, 0.717) is 13.2 Å².